The number of phenols is 2. The van der Waals surface area contributed by atoms with Crippen molar-refractivity contribution >= 4 is 6.29 Å². The first kappa shape index (κ1) is 8.52. The third kappa shape index (κ3) is 1.11. The summed E-state index contributed by atoms with van der Waals surface area (Å²) in [6, 6.07) is 1.16. The van der Waals surface area contributed by atoms with Crippen molar-refractivity contribution in [1.29, 1.82) is 0 Å². The highest BCUT2D eigenvalue weighted by atomic mass is 19.1. The first-order valence-electron chi connectivity index (χ1n) is 3.24. The Balaban J connectivity index is 3.49. The molecule has 64 valence electrons. The average Bonchev–Trinajstić information content (AvgIpc) is 2.08. The molecule has 0 aliphatic carbocycles. The van der Waals surface area contributed by atoms with E-state index >= 15 is 0 Å². The summed E-state index contributed by atoms with van der Waals surface area (Å²) < 4.78 is 12.8. The zero-order chi connectivity index (χ0) is 9.30. The van der Waals surface area contributed by atoms with Gasteiger partial charge in [0.1, 0.15) is 0 Å². The Morgan fingerprint density at radius 3 is 2.50 bits per heavy atom. The molecule has 0 aliphatic rings. The van der Waals surface area contributed by atoms with Crippen LogP contribution in [0.5, 0.6) is 11.5 Å². The number of benzene rings is 1. The van der Waals surface area contributed by atoms with E-state index in [4.69, 9.17) is 10.2 Å². The van der Waals surface area contributed by atoms with E-state index in [0.717, 1.165) is 6.07 Å². The molecule has 0 heterocycles. The fourth-order valence-electron chi connectivity index (χ4n) is 0.878. The molecule has 0 spiro atoms. The van der Waals surface area contributed by atoms with Crippen molar-refractivity contribution < 1.29 is 19.4 Å². The lowest BCUT2D eigenvalue weighted by molar-refractivity contribution is 0.111. The molecule has 12 heavy (non-hydrogen) atoms. The van der Waals surface area contributed by atoms with Crippen LogP contribution in [0.4, 0.5) is 4.39 Å². The van der Waals surface area contributed by atoms with Crippen LogP contribution in [0.25, 0.3) is 0 Å². The van der Waals surface area contributed by atoms with E-state index in [1.165, 1.54) is 6.92 Å². The highest BCUT2D eigenvalue weighted by Gasteiger charge is 2.13. The molecule has 0 bridgehead atoms. The number of carbonyl (C=O) groups excluding carboxylic acids is 1. The van der Waals surface area contributed by atoms with Gasteiger partial charge in [-0.2, -0.15) is 0 Å². The monoisotopic (exact) mass is 170 g/mol. The Labute approximate surface area is 68.1 Å². The zero-order valence-electron chi connectivity index (χ0n) is 6.34. The van der Waals surface area contributed by atoms with E-state index in [0.29, 0.717) is 0 Å². The molecule has 1 aromatic carbocycles. The summed E-state index contributed by atoms with van der Waals surface area (Å²) in [6.45, 7) is 1.46. The Hall–Kier alpha value is -1.58. The number of carbonyl (C=O) groups is 1. The van der Waals surface area contributed by atoms with Gasteiger partial charge in [0.15, 0.2) is 23.6 Å². The largest absolute Gasteiger partial charge is 0.504 e. The normalized spacial score (nSPS) is 9.83. The van der Waals surface area contributed by atoms with E-state index in [9.17, 15) is 9.18 Å². The van der Waals surface area contributed by atoms with Crippen LogP contribution in [0.15, 0.2) is 6.07 Å². The summed E-state index contributed by atoms with van der Waals surface area (Å²) in [4.78, 5) is 10.2. The predicted octanol–water partition coefficient (Wildman–Crippen LogP) is 1.36. The second kappa shape index (κ2) is 2.81. The Bertz CT molecular complexity index is 334. The third-order valence-corrected chi connectivity index (χ3v) is 1.56. The quantitative estimate of drug-likeness (QED) is 0.494. The van der Waals surface area contributed by atoms with Gasteiger partial charge in [0.2, 0.25) is 0 Å². The van der Waals surface area contributed by atoms with Crippen molar-refractivity contribution in [2.24, 2.45) is 0 Å². The minimum Gasteiger partial charge on any atom is -0.504 e. The number of phenolic OH excluding ortho intramolecular Hbond substituents is 2. The molecular formula is C8H7FO3. The molecule has 0 saturated carbocycles. The van der Waals surface area contributed by atoms with Gasteiger partial charge in [0, 0.05) is 0 Å². The van der Waals surface area contributed by atoms with Crippen LogP contribution in [0, 0.1) is 12.7 Å². The van der Waals surface area contributed by atoms with Crippen molar-refractivity contribution in [2.75, 3.05) is 0 Å². The fraction of sp³-hybridized carbons (Fsp3) is 0.125. The van der Waals surface area contributed by atoms with Crippen LogP contribution in [0.1, 0.15) is 15.9 Å². The molecule has 0 aliphatic heterocycles. The van der Waals surface area contributed by atoms with Crippen LogP contribution < -0.4 is 0 Å². The smallest absolute Gasteiger partial charge is 0.195 e. The number of halogens is 1. The molecule has 1 rings (SSSR count). The zero-order valence-corrected chi connectivity index (χ0v) is 6.34. The summed E-state index contributed by atoms with van der Waals surface area (Å²) in [7, 11) is 0. The molecule has 0 aromatic heterocycles. The molecular weight excluding hydrogens is 163 g/mol. The predicted molar refractivity (Wildman–Crippen MR) is 39.9 cm³/mol. The second-order valence-electron chi connectivity index (χ2n) is 2.41. The van der Waals surface area contributed by atoms with Crippen LogP contribution in [-0.2, 0) is 0 Å². The second-order valence-corrected chi connectivity index (χ2v) is 2.41. The summed E-state index contributed by atoms with van der Waals surface area (Å²) in [5, 5.41) is 17.9. The number of hydrogen-bond donors (Lipinski definition) is 2. The van der Waals surface area contributed by atoms with Crippen molar-refractivity contribution in [3.8, 4) is 11.5 Å². The van der Waals surface area contributed by atoms with Crippen molar-refractivity contribution in [3.05, 3.63) is 23.0 Å². The number of rotatable bonds is 1. The summed E-state index contributed by atoms with van der Waals surface area (Å²) in [6.07, 6.45) is 0.279. The van der Waals surface area contributed by atoms with Gasteiger partial charge < -0.3 is 10.2 Å². The minimum atomic E-state index is -1.09. The van der Waals surface area contributed by atoms with E-state index in [1.54, 1.807) is 0 Å². The van der Waals surface area contributed by atoms with Gasteiger partial charge in [-0.3, -0.25) is 4.79 Å². The fourth-order valence-corrected chi connectivity index (χ4v) is 0.878. The molecule has 0 unspecified atom stereocenters. The summed E-state index contributed by atoms with van der Waals surface area (Å²) >= 11 is 0. The number of aryl methyl sites for hydroxylation is 1. The van der Waals surface area contributed by atoms with Crippen molar-refractivity contribution in [1.82, 2.24) is 0 Å². The Morgan fingerprint density at radius 2 is 2.00 bits per heavy atom. The van der Waals surface area contributed by atoms with Crippen LogP contribution in [0.3, 0.4) is 0 Å². The highest BCUT2D eigenvalue weighted by Crippen LogP contribution is 2.32. The van der Waals surface area contributed by atoms with Crippen LogP contribution >= 0.6 is 0 Å². The standard InChI is InChI=1S/C8H7FO3/c1-4-2-5(3-10)6(9)8(12)7(4)11/h2-3,11-12H,1H3. The summed E-state index contributed by atoms with van der Waals surface area (Å²) in [5.74, 6) is -2.50. The van der Waals surface area contributed by atoms with Crippen LogP contribution in [0.2, 0.25) is 0 Å². The average molecular weight is 170 g/mol. The van der Waals surface area contributed by atoms with Gasteiger partial charge in [0.25, 0.3) is 0 Å². The maximum absolute atomic E-state index is 12.8. The SMILES string of the molecule is Cc1cc(C=O)c(F)c(O)c1O. The topological polar surface area (TPSA) is 57.5 Å². The lowest BCUT2D eigenvalue weighted by Crippen LogP contribution is -1.90. The molecule has 1 aromatic rings. The van der Waals surface area contributed by atoms with Gasteiger partial charge >= 0.3 is 0 Å². The van der Waals surface area contributed by atoms with Gasteiger partial charge in [0.05, 0.1) is 5.56 Å². The molecule has 0 fully saturated rings. The van der Waals surface area contributed by atoms with E-state index in [2.05, 4.69) is 0 Å². The van der Waals surface area contributed by atoms with Gasteiger partial charge in [-0.05, 0) is 18.6 Å². The number of aromatic hydroxyl groups is 2. The molecule has 0 radical (unpaired) electrons. The van der Waals surface area contributed by atoms with E-state index in [1.807, 2.05) is 0 Å². The van der Waals surface area contributed by atoms with E-state index in [-0.39, 0.29) is 17.4 Å². The third-order valence-electron chi connectivity index (χ3n) is 1.56. The van der Waals surface area contributed by atoms with Crippen molar-refractivity contribution in [2.45, 2.75) is 6.92 Å². The van der Waals surface area contributed by atoms with Gasteiger partial charge in [-0.1, -0.05) is 0 Å². The minimum absolute atomic E-state index is 0.260. The molecule has 0 saturated heterocycles. The molecule has 2 N–H and O–H groups in total. The lowest BCUT2D eigenvalue weighted by atomic mass is 10.1. The maximum atomic E-state index is 12.8. The Kier molecular flexibility index (Phi) is 1.99. The Morgan fingerprint density at radius 1 is 1.42 bits per heavy atom. The first-order chi connectivity index (χ1) is 5.57. The molecule has 4 heteroatoms. The summed E-state index contributed by atoms with van der Waals surface area (Å²) in [5.41, 5.74) is -0.00111. The number of aldehydes is 1. The maximum Gasteiger partial charge on any atom is 0.195 e. The molecule has 0 amide bonds. The van der Waals surface area contributed by atoms with Crippen LogP contribution in [-0.4, -0.2) is 16.5 Å². The highest BCUT2D eigenvalue weighted by molar-refractivity contribution is 5.77. The molecule has 0 atom stereocenters. The van der Waals surface area contributed by atoms with E-state index < -0.39 is 17.3 Å². The molecule has 3 nitrogen and oxygen atoms in total. The first-order valence-corrected chi connectivity index (χ1v) is 3.24. The lowest BCUT2D eigenvalue weighted by Gasteiger charge is -2.03. The van der Waals surface area contributed by atoms with Crippen molar-refractivity contribution in [3.63, 3.8) is 0 Å². The van der Waals surface area contributed by atoms with Gasteiger partial charge in [-0.15, -0.1) is 0 Å². The number of hydrogen-bond acceptors (Lipinski definition) is 3. The van der Waals surface area contributed by atoms with Gasteiger partial charge in [-0.25, -0.2) is 4.39 Å².